The summed E-state index contributed by atoms with van der Waals surface area (Å²) < 4.78 is 0. The van der Waals surface area contributed by atoms with Gasteiger partial charge in [-0.1, -0.05) is 30.7 Å². The minimum Gasteiger partial charge on any atom is -0.358 e. The number of hydrogen-bond donors (Lipinski definition) is 2. The van der Waals surface area contributed by atoms with Crippen LogP contribution in [0.15, 0.2) is 18.2 Å². The van der Waals surface area contributed by atoms with Crippen LogP contribution in [0.25, 0.3) is 0 Å². The molecule has 0 unspecified atom stereocenters. The smallest absolute Gasteiger partial charge is 0.233 e. The number of hydrogen-bond acceptors (Lipinski definition) is 3. The highest BCUT2D eigenvalue weighted by Crippen LogP contribution is 2.19. The lowest BCUT2D eigenvalue weighted by Crippen LogP contribution is -2.35. The highest BCUT2D eigenvalue weighted by atomic mass is 35.5. The molecule has 0 fully saturated rings. The van der Waals surface area contributed by atoms with Gasteiger partial charge in [0.1, 0.15) is 0 Å². The molecule has 106 valence electrons. The van der Waals surface area contributed by atoms with Crippen LogP contribution in [-0.4, -0.2) is 30.9 Å². The number of halogens is 1. The van der Waals surface area contributed by atoms with E-state index in [1.54, 1.807) is 7.05 Å². The van der Waals surface area contributed by atoms with Gasteiger partial charge in [0.2, 0.25) is 5.91 Å². The molecule has 0 aromatic heterocycles. The van der Waals surface area contributed by atoms with Crippen molar-refractivity contribution in [2.24, 2.45) is 5.73 Å². The maximum absolute atomic E-state index is 11.5. The molecule has 0 aliphatic carbocycles. The number of carbonyl (C=O) groups is 1. The monoisotopic (exact) mass is 283 g/mol. The molecule has 1 rings (SSSR count). The van der Waals surface area contributed by atoms with Crippen molar-refractivity contribution in [3.63, 3.8) is 0 Å². The highest BCUT2D eigenvalue weighted by Gasteiger charge is 2.11. The van der Waals surface area contributed by atoms with Crippen molar-refractivity contribution < 1.29 is 4.79 Å². The van der Waals surface area contributed by atoms with Crippen LogP contribution < -0.4 is 11.1 Å². The average Bonchev–Trinajstić information content (AvgIpc) is 2.41. The Morgan fingerprint density at radius 1 is 1.47 bits per heavy atom. The molecule has 1 aromatic rings. The van der Waals surface area contributed by atoms with E-state index in [1.807, 2.05) is 18.2 Å². The number of nitrogens with zero attached hydrogens (tertiary/aromatic N) is 1. The maximum atomic E-state index is 11.5. The van der Waals surface area contributed by atoms with Crippen LogP contribution in [0, 0.1) is 0 Å². The van der Waals surface area contributed by atoms with E-state index in [9.17, 15) is 4.79 Å². The number of nitrogens with two attached hydrogens (primary N) is 1. The third-order valence-electron chi connectivity index (χ3n) is 2.93. The van der Waals surface area contributed by atoms with Crippen LogP contribution in [0.5, 0.6) is 0 Å². The Morgan fingerprint density at radius 3 is 2.74 bits per heavy atom. The first-order chi connectivity index (χ1) is 9.10. The zero-order chi connectivity index (χ0) is 14.3. The van der Waals surface area contributed by atoms with Crippen LogP contribution in [0.2, 0.25) is 5.02 Å². The molecule has 0 aliphatic rings. The molecule has 5 heteroatoms. The van der Waals surface area contributed by atoms with E-state index in [-0.39, 0.29) is 5.91 Å². The Balaban J connectivity index is 2.75. The van der Waals surface area contributed by atoms with E-state index in [0.717, 1.165) is 24.1 Å². The molecule has 0 aliphatic heterocycles. The standard InChI is InChI=1S/C14H22ClN3O/c1-3-6-18(10-14(19)17-2)9-12-5-4-11(8-16)7-13(12)15/h4-5,7H,3,6,8-10,16H2,1-2H3,(H,17,19). The number of nitrogens with one attached hydrogen (secondary N) is 1. The molecular weight excluding hydrogens is 262 g/mol. The number of likely N-dealkylation sites (N-methyl/N-ethyl adjacent to an activating group) is 1. The minimum absolute atomic E-state index is 0.0168. The summed E-state index contributed by atoms with van der Waals surface area (Å²) in [5, 5.41) is 3.35. The van der Waals surface area contributed by atoms with Crippen molar-refractivity contribution in [1.29, 1.82) is 0 Å². The summed E-state index contributed by atoms with van der Waals surface area (Å²) in [6.07, 6.45) is 0.996. The summed E-state index contributed by atoms with van der Waals surface area (Å²) in [4.78, 5) is 13.6. The Bertz CT molecular complexity index is 423. The summed E-state index contributed by atoms with van der Waals surface area (Å²) in [5.74, 6) is 0.0168. The fourth-order valence-corrected chi connectivity index (χ4v) is 2.16. The Labute approximate surface area is 119 Å². The summed E-state index contributed by atoms with van der Waals surface area (Å²) in [5.41, 5.74) is 7.62. The summed E-state index contributed by atoms with van der Waals surface area (Å²) in [7, 11) is 1.65. The van der Waals surface area contributed by atoms with Gasteiger partial charge >= 0.3 is 0 Å². The summed E-state index contributed by atoms with van der Waals surface area (Å²) in [6, 6.07) is 5.85. The molecule has 4 nitrogen and oxygen atoms in total. The zero-order valence-corrected chi connectivity index (χ0v) is 12.3. The van der Waals surface area contributed by atoms with E-state index >= 15 is 0 Å². The SMILES string of the molecule is CCCN(CC(=O)NC)Cc1ccc(CN)cc1Cl. The molecule has 0 atom stereocenters. The van der Waals surface area contributed by atoms with E-state index in [2.05, 4.69) is 17.1 Å². The molecular formula is C14H22ClN3O. The van der Waals surface area contributed by atoms with Crippen LogP contribution in [0.1, 0.15) is 24.5 Å². The quantitative estimate of drug-likeness (QED) is 0.802. The Hall–Kier alpha value is -1.10. The average molecular weight is 284 g/mol. The summed E-state index contributed by atoms with van der Waals surface area (Å²) >= 11 is 6.24. The van der Waals surface area contributed by atoms with Gasteiger partial charge in [0.05, 0.1) is 6.54 Å². The lowest BCUT2D eigenvalue weighted by molar-refractivity contribution is -0.121. The zero-order valence-electron chi connectivity index (χ0n) is 11.6. The molecule has 19 heavy (non-hydrogen) atoms. The first-order valence-corrected chi connectivity index (χ1v) is 6.88. The molecule has 0 saturated heterocycles. The van der Waals surface area contributed by atoms with Gasteiger partial charge in [0.25, 0.3) is 0 Å². The van der Waals surface area contributed by atoms with Gasteiger partial charge in [0, 0.05) is 25.2 Å². The van der Waals surface area contributed by atoms with Crippen molar-refractivity contribution >= 4 is 17.5 Å². The first kappa shape index (κ1) is 16.0. The predicted molar refractivity (Wildman–Crippen MR) is 79.0 cm³/mol. The lowest BCUT2D eigenvalue weighted by Gasteiger charge is -2.21. The second-order valence-corrected chi connectivity index (χ2v) is 4.92. The highest BCUT2D eigenvalue weighted by molar-refractivity contribution is 6.31. The van der Waals surface area contributed by atoms with Gasteiger partial charge in [-0.25, -0.2) is 0 Å². The Morgan fingerprint density at radius 2 is 2.21 bits per heavy atom. The van der Waals surface area contributed by atoms with Crippen LogP contribution in [0.3, 0.4) is 0 Å². The molecule has 3 N–H and O–H groups in total. The Kier molecular flexibility index (Phi) is 6.84. The van der Waals surface area contributed by atoms with Crippen LogP contribution >= 0.6 is 11.6 Å². The largest absolute Gasteiger partial charge is 0.358 e. The third-order valence-corrected chi connectivity index (χ3v) is 3.28. The van der Waals surface area contributed by atoms with E-state index in [1.165, 1.54) is 0 Å². The van der Waals surface area contributed by atoms with Gasteiger partial charge in [0.15, 0.2) is 0 Å². The summed E-state index contributed by atoms with van der Waals surface area (Å²) in [6.45, 7) is 4.50. The van der Waals surface area contributed by atoms with Crippen molar-refractivity contribution in [1.82, 2.24) is 10.2 Å². The lowest BCUT2D eigenvalue weighted by atomic mass is 10.1. The van der Waals surface area contributed by atoms with E-state index in [0.29, 0.717) is 24.7 Å². The maximum Gasteiger partial charge on any atom is 0.233 e. The number of amides is 1. The van der Waals surface area contributed by atoms with E-state index in [4.69, 9.17) is 17.3 Å². The molecule has 1 aromatic carbocycles. The van der Waals surface area contributed by atoms with Gasteiger partial charge in [-0.3, -0.25) is 9.69 Å². The van der Waals surface area contributed by atoms with Crippen molar-refractivity contribution in [2.45, 2.75) is 26.4 Å². The normalized spacial score (nSPS) is 10.8. The van der Waals surface area contributed by atoms with Crippen molar-refractivity contribution in [2.75, 3.05) is 20.1 Å². The number of benzene rings is 1. The van der Waals surface area contributed by atoms with Gasteiger partial charge < -0.3 is 11.1 Å². The molecule has 0 bridgehead atoms. The second-order valence-electron chi connectivity index (χ2n) is 4.51. The third kappa shape index (κ3) is 5.19. The predicted octanol–water partition coefficient (Wildman–Crippen LogP) is 1.76. The fourth-order valence-electron chi connectivity index (χ4n) is 1.90. The first-order valence-electron chi connectivity index (χ1n) is 6.51. The molecule has 0 heterocycles. The topological polar surface area (TPSA) is 58.4 Å². The van der Waals surface area contributed by atoms with Gasteiger partial charge in [-0.2, -0.15) is 0 Å². The molecule has 0 radical (unpaired) electrons. The van der Waals surface area contributed by atoms with Crippen molar-refractivity contribution in [3.8, 4) is 0 Å². The molecule has 1 amide bonds. The van der Waals surface area contributed by atoms with Crippen LogP contribution in [-0.2, 0) is 17.9 Å². The van der Waals surface area contributed by atoms with Crippen molar-refractivity contribution in [3.05, 3.63) is 34.3 Å². The van der Waals surface area contributed by atoms with Gasteiger partial charge in [-0.05, 0) is 30.2 Å². The fraction of sp³-hybridized carbons (Fsp3) is 0.500. The second kappa shape index (κ2) is 8.15. The van der Waals surface area contributed by atoms with Gasteiger partial charge in [-0.15, -0.1) is 0 Å². The molecule has 0 spiro atoms. The number of rotatable bonds is 7. The van der Waals surface area contributed by atoms with E-state index < -0.39 is 0 Å². The molecule has 0 saturated carbocycles. The number of carbonyl (C=O) groups excluding carboxylic acids is 1. The van der Waals surface area contributed by atoms with Crippen LogP contribution in [0.4, 0.5) is 0 Å². The minimum atomic E-state index is 0.0168.